The first-order valence-corrected chi connectivity index (χ1v) is 8.95. The molecule has 0 atom stereocenters. The van der Waals surface area contributed by atoms with Crippen LogP contribution in [-0.4, -0.2) is 17.4 Å². The Labute approximate surface area is 162 Å². The van der Waals surface area contributed by atoms with E-state index in [1.54, 1.807) is 36.5 Å². The highest BCUT2D eigenvalue weighted by Gasteiger charge is 2.07. The van der Waals surface area contributed by atoms with Crippen molar-refractivity contribution in [1.29, 1.82) is 0 Å². The Hall–Kier alpha value is -2.92. The van der Waals surface area contributed by atoms with Gasteiger partial charge in [0.05, 0.1) is 11.9 Å². The van der Waals surface area contributed by atoms with E-state index in [2.05, 4.69) is 15.6 Å². The third kappa shape index (κ3) is 5.79. The third-order valence-electron chi connectivity index (χ3n) is 4.02. The van der Waals surface area contributed by atoms with Crippen LogP contribution in [-0.2, 0) is 13.0 Å². The third-order valence-corrected chi connectivity index (χ3v) is 4.27. The standard InChI is InChI=1S/C21H19ClFN3O/c22-17-5-1-16(2-6-17)13-26-21(27)20-10-9-19(14-25-20)24-12-11-15-3-7-18(23)8-4-15/h1-10,14,24H,11-13H2,(H,26,27). The molecule has 0 fully saturated rings. The molecule has 0 bridgehead atoms. The molecule has 0 aliphatic rings. The number of hydrogen-bond donors (Lipinski definition) is 2. The number of amides is 1. The van der Waals surface area contributed by atoms with Crippen LogP contribution in [0.25, 0.3) is 0 Å². The van der Waals surface area contributed by atoms with Crippen molar-refractivity contribution in [2.45, 2.75) is 13.0 Å². The lowest BCUT2D eigenvalue weighted by atomic mass is 10.1. The normalized spacial score (nSPS) is 10.4. The summed E-state index contributed by atoms with van der Waals surface area (Å²) in [5, 5.41) is 6.73. The van der Waals surface area contributed by atoms with E-state index >= 15 is 0 Å². The lowest BCUT2D eigenvalue weighted by molar-refractivity contribution is 0.0946. The predicted octanol–water partition coefficient (Wildman–Crippen LogP) is 4.46. The van der Waals surface area contributed by atoms with Gasteiger partial charge in [0.15, 0.2) is 0 Å². The van der Waals surface area contributed by atoms with Crippen molar-refractivity contribution in [3.8, 4) is 0 Å². The number of benzene rings is 2. The van der Waals surface area contributed by atoms with E-state index in [4.69, 9.17) is 11.6 Å². The Balaban J connectivity index is 1.46. The first-order chi connectivity index (χ1) is 13.1. The molecule has 138 valence electrons. The second-order valence-electron chi connectivity index (χ2n) is 6.04. The van der Waals surface area contributed by atoms with Crippen LogP contribution in [0, 0.1) is 5.82 Å². The molecule has 3 aromatic rings. The van der Waals surface area contributed by atoms with E-state index in [0.29, 0.717) is 23.8 Å². The fraction of sp³-hybridized carbons (Fsp3) is 0.143. The first kappa shape index (κ1) is 18.9. The summed E-state index contributed by atoms with van der Waals surface area (Å²) in [5.41, 5.74) is 3.20. The monoisotopic (exact) mass is 383 g/mol. The van der Waals surface area contributed by atoms with Crippen molar-refractivity contribution in [3.05, 3.63) is 94.5 Å². The molecule has 27 heavy (non-hydrogen) atoms. The zero-order valence-electron chi connectivity index (χ0n) is 14.6. The average Bonchev–Trinajstić information content (AvgIpc) is 2.69. The fourth-order valence-electron chi connectivity index (χ4n) is 2.51. The molecule has 0 spiro atoms. The Morgan fingerprint density at radius 2 is 1.67 bits per heavy atom. The number of carbonyl (C=O) groups excluding carboxylic acids is 1. The van der Waals surface area contributed by atoms with Crippen molar-refractivity contribution < 1.29 is 9.18 Å². The minimum Gasteiger partial charge on any atom is -0.383 e. The molecular weight excluding hydrogens is 365 g/mol. The average molecular weight is 384 g/mol. The highest BCUT2D eigenvalue weighted by Crippen LogP contribution is 2.10. The summed E-state index contributed by atoms with van der Waals surface area (Å²) < 4.78 is 12.9. The van der Waals surface area contributed by atoms with E-state index in [0.717, 1.165) is 23.2 Å². The van der Waals surface area contributed by atoms with Crippen LogP contribution >= 0.6 is 11.6 Å². The molecule has 0 aliphatic carbocycles. The summed E-state index contributed by atoms with van der Waals surface area (Å²) in [4.78, 5) is 16.4. The van der Waals surface area contributed by atoms with Crippen molar-refractivity contribution in [1.82, 2.24) is 10.3 Å². The molecule has 0 radical (unpaired) electrons. The van der Waals surface area contributed by atoms with Gasteiger partial charge >= 0.3 is 0 Å². The predicted molar refractivity (Wildman–Crippen MR) is 105 cm³/mol. The number of rotatable bonds is 7. The molecule has 1 aromatic heterocycles. The van der Waals surface area contributed by atoms with Gasteiger partial charge in [0, 0.05) is 18.1 Å². The first-order valence-electron chi connectivity index (χ1n) is 8.57. The minimum atomic E-state index is -0.235. The van der Waals surface area contributed by atoms with Gasteiger partial charge in [0.25, 0.3) is 5.91 Å². The Morgan fingerprint density at radius 1 is 0.963 bits per heavy atom. The Kier molecular flexibility index (Phi) is 6.39. The lowest BCUT2D eigenvalue weighted by Gasteiger charge is -2.08. The van der Waals surface area contributed by atoms with Crippen LogP contribution in [0.4, 0.5) is 10.1 Å². The molecule has 0 saturated heterocycles. The molecule has 2 N–H and O–H groups in total. The number of pyridine rings is 1. The maximum absolute atomic E-state index is 12.9. The second-order valence-corrected chi connectivity index (χ2v) is 6.48. The molecule has 2 aromatic carbocycles. The van der Waals surface area contributed by atoms with E-state index < -0.39 is 0 Å². The topological polar surface area (TPSA) is 54.0 Å². The van der Waals surface area contributed by atoms with E-state index in [1.165, 1.54) is 12.1 Å². The molecule has 6 heteroatoms. The molecule has 3 rings (SSSR count). The number of aromatic nitrogens is 1. The van der Waals surface area contributed by atoms with Gasteiger partial charge < -0.3 is 10.6 Å². The zero-order valence-corrected chi connectivity index (χ0v) is 15.3. The van der Waals surface area contributed by atoms with E-state index in [1.807, 2.05) is 18.2 Å². The molecule has 0 unspecified atom stereocenters. The summed E-state index contributed by atoms with van der Waals surface area (Å²) in [6.45, 7) is 1.10. The zero-order chi connectivity index (χ0) is 19.1. The van der Waals surface area contributed by atoms with Gasteiger partial charge in [-0.25, -0.2) is 9.37 Å². The van der Waals surface area contributed by atoms with Crippen molar-refractivity contribution >= 4 is 23.2 Å². The number of nitrogens with zero attached hydrogens (tertiary/aromatic N) is 1. The Morgan fingerprint density at radius 3 is 2.33 bits per heavy atom. The van der Waals surface area contributed by atoms with Crippen LogP contribution in [0.5, 0.6) is 0 Å². The maximum atomic E-state index is 12.9. The Bertz CT molecular complexity index is 881. The lowest BCUT2D eigenvalue weighted by Crippen LogP contribution is -2.23. The van der Waals surface area contributed by atoms with Crippen molar-refractivity contribution in [3.63, 3.8) is 0 Å². The summed E-state index contributed by atoms with van der Waals surface area (Å²) >= 11 is 5.84. The van der Waals surface area contributed by atoms with Gasteiger partial charge in [0.1, 0.15) is 11.5 Å². The quantitative estimate of drug-likeness (QED) is 0.633. The van der Waals surface area contributed by atoms with Gasteiger partial charge in [-0.3, -0.25) is 4.79 Å². The van der Waals surface area contributed by atoms with Crippen LogP contribution in [0.15, 0.2) is 66.9 Å². The molecule has 1 amide bonds. The van der Waals surface area contributed by atoms with Crippen LogP contribution in [0.1, 0.15) is 21.6 Å². The SMILES string of the molecule is O=C(NCc1ccc(Cl)cc1)c1ccc(NCCc2ccc(F)cc2)cn1. The maximum Gasteiger partial charge on any atom is 0.270 e. The fourth-order valence-corrected chi connectivity index (χ4v) is 2.64. The number of halogens is 2. The highest BCUT2D eigenvalue weighted by molar-refractivity contribution is 6.30. The summed E-state index contributed by atoms with van der Waals surface area (Å²) in [7, 11) is 0. The number of anilines is 1. The smallest absolute Gasteiger partial charge is 0.270 e. The molecule has 0 saturated carbocycles. The number of hydrogen-bond acceptors (Lipinski definition) is 3. The summed E-state index contributed by atoms with van der Waals surface area (Å²) in [6.07, 6.45) is 2.39. The summed E-state index contributed by atoms with van der Waals surface area (Å²) in [6, 6.07) is 17.2. The van der Waals surface area contributed by atoms with Gasteiger partial charge in [-0.05, 0) is 53.9 Å². The van der Waals surface area contributed by atoms with Crippen molar-refractivity contribution in [2.24, 2.45) is 0 Å². The molecule has 1 heterocycles. The van der Waals surface area contributed by atoms with E-state index in [-0.39, 0.29) is 11.7 Å². The van der Waals surface area contributed by atoms with Gasteiger partial charge in [0.2, 0.25) is 0 Å². The van der Waals surface area contributed by atoms with Gasteiger partial charge in [-0.1, -0.05) is 35.9 Å². The van der Waals surface area contributed by atoms with Gasteiger partial charge in [-0.2, -0.15) is 0 Å². The van der Waals surface area contributed by atoms with Crippen molar-refractivity contribution in [2.75, 3.05) is 11.9 Å². The molecular formula is C21H19ClFN3O. The van der Waals surface area contributed by atoms with Crippen LogP contribution in [0.3, 0.4) is 0 Å². The highest BCUT2D eigenvalue weighted by atomic mass is 35.5. The van der Waals surface area contributed by atoms with Gasteiger partial charge in [-0.15, -0.1) is 0 Å². The largest absolute Gasteiger partial charge is 0.383 e. The second kappa shape index (κ2) is 9.14. The molecule has 0 aliphatic heterocycles. The minimum absolute atomic E-state index is 0.234. The number of nitrogens with one attached hydrogen (secondary N) is 2. The van der Waals surface area contributed by atoms with E-state index in [9.17, 15) is 9.18 Å². The van der Waals surface area contributed by atoms with Crippen LogP contribution < -0.4 is 10.6 Å². The summed E-state index contributed by atoms with van der Waals surface area (Å²) in [5.74, 6) is -0.469. The number of carbonyl (C=O) groups is 1. The van der Waals surface area contributed by atoms with Crippen LogP contribution in [0.2, 0.25) is 5.02 Å². The molecule has 4 nitrogen and oxygen atoms in total.